The van der Waals surface area contributed by atoms with Crippen LogP contribution in [-0.4, -0.2) is 42.8 Å². The Morgan fingerprint density at radius 1 is 1.00 bits per heavy atom. The number of hydrogen-bond donors (Lipinski definition) is 1. The maximum absolute atomic E-state index is 12.9. The van der Waals surface area contributed by atoms with E-state index in [0.717, 1.165) is 0 Å². The number of pyridine rings is 1. The summed E-state index contributed by atoms with van der Waals surface area (Å²) in [5.41, 5.74) is 1.28. The smallest absolute Gasteiger partial charge is 0.295 e. The van der Waals surface area contributed by atoms with Crippen molar-refractivity contribution in [3.8, 4) is 0 Å². The molecule has 0 saturated carbocycles. The van der Waals surface area contributed by atoms with Gasteiger partial charge in [0.15, 0.2) is 0 Å². The average Bonchev–Trinajstić information content (AvgIpc) is 3.37. The van der Waals surface area contributed by atoms with Crippen molar-refractivity contribution in [3.05, 3.63) is 90.3 Å². The van der Waals surface area contributed by atoms with Crippen LogP contribution in [0.4, 0.5) is 0 Å². The molecule has 0 radical (unpaired) electrons. The third kappa shape index (κ3) is 3.67. The molecule has 1 N–H and O–H groups in total. The van der Waals surface area contributed by atoms with Crippen molar-refractivity contribution in [2.24, 2.45) is 0 Å². The molecular formula is C22H20N4O3. The molecule has 146 valence electrons. The molecule has 0 spiro atoms. The predicted octanol–water partition coefficient (Wildman–Crippen LogP) is 2.79. The maximum atomic E-state index is 12.9. The lowest BCUT2D eigenvalue weighted by Crippen LogP contribution is -2.31. The van der Waals surface area contributed by atoms with Crippen LogP contribution in [0, 0.1) is 0 Å². The number of rotatable bonds is 6. The van der Waals surface area contributed by atoms with Gasteiger partial charge in [-0.15, -0.1) is 0 Å². The number of benzene rings is 1. The van der Waals surface area contributed by atoms with Crippen LogP contribution in [0.1, 0.15) is 23.6 Å². The highest BCUT2D eigenvalue weighted by Gasteiger charge is 2.45. The number of ketones is 1. The van der Waals surface area contributed by atoms with Gasteiger partial charge in [-0.05, 0) is 18.1 Å². The van der Waals surface area contributed by atoms with Gasteiger partial charge in [-0.1, -0.05) is 36.4 Å². The van der Waals surface area contributed by atoms with Gasteiger partial charge in [-0.25, -0.2) is 4.98 Å². The number of hydrogen-bond acceptors (Lipinski definition) is 5. The quantitative estimate of drug-likeness (QED) is 0.399. The van der Waals surface area contributed by atoms with Crippen molar-refractivity contribution < 1.29 is 14.7 Å². The number of aliphatic hydroxyl groups excluding tert-OH is 1. The van der Waals surface area contributed by atoms with Crippen molar-refractivity contribution in [3.63, 3.8) is 0 Å². The van der Waals surface area contributed by atoms with Crippen LogP contribution in [0.15, 0.2) is 79.2 Å². The Morgan fingerprint density at radius 2 is 1.83 bits per heavy atom. The lowest BCUT2D eigenvalue weighted by atomic mass is 9.96. The summed E-state index contributed by atoms with van der Waals surface area (Å²) < 4.78 is 1.92. The number of amides is 1. The minimum absolute atomic E-state index is 0.0943. The van der Waals surface area contributed by atoms with Crippen molar-refractivity contribution in [2.45, 2.75) is 19.0 Å². The molecule has 29 heavy (non-hydrogen) atoms. The molecule has 0 bridgehead atoms. The largest absolute Gasteiger partial charge is 0.507 e. The van der Waals surface area contributed by atoms with Crippen LogP contribution in [0.25, 0.3) is 5.76 Å². The number of aryl methyl sites for hydroxylation is 1. The van der Waals surface area contributed by atoms with Gasteiger partial charge < -0.3 is 14.6 Å². The molecule has 1 aliphatic heterocycles. The number of aromatic nitrogens is 3. The third-order valence-electron chi connectivity index (χ3n) is 4.96. The van der Waals surface area contributed by atoms with E-state index < -0.39 is 17.7 Å². The zero-order chi connectivity index (χ0) is 20.2. The summed E-state index contributed by atoms with van der Waals surface area (Å²) in [4.78, 5) is 35.3. The second-order valence-corrected chi connectivity index (χ2v) is 6.80. The second-order valence-electron chi connectivity index (χ2n) is 6.80. The molecule has 3 aromatic rings. The molecule has 2 aromatic heterocycles. The topological polar surface area (TPSA) is 88.3 Å². The summed E-state index contributed by atoms with van der Waals surface area (Å²) in [6, 6.07) is 11.7. The highest BCUT2D eigenvalue weighted by Crippen LogP contribution is 2.39. The van der Waals surface area contributed by atoms with E-state index in [1.807, 2.05) is 22.9 Å². The Kier molecular flexibility index (Phi) is 5.20. The molecule has 1 aromatic carbocycles. The summed E-state index contributed by atoms with van der Waals surface area (Å²) >= 11 is 0. The number of carbonyl (C=O) groups excluding carboxylic acids is 2. The second kappa shape index (κ2) is 8.10. The van der Waals surface area contributed by atoms with E-state index in [1.54, 1.807) is 55.2 Å². The number of likely N-dealkylation sites (tertiary alicyclic amines) is 1. The van der Waals surface area contributed by atoms with E-state index in [0.29, 0.717) is 30.6 Å². The molecule has 1 amide bonds. The van der Waals surface area contributed by atoms with Crippen LogP contribution in [0.2, 0.25) is 0 Å². The van der Waals surface area contributed by atoms with E-state index in [2.05, 4.69) is 9.97 Å². The van der Waals surface area contributed by atoms with Gasteiger partial charge in [-0.3, -0.25) is 14.6 Å². The summed E-state index contributed by atoms with van der Waals surface area (Å²) in [6.45, 7) is 1.04. The Bertz CT molecular complexity index is 1030. The van der Waals surface area contributed by atoms with Gasteiger partial charge in [0.1, 0.15) is 5.76 Å². The fraction of sp³-hybridized carbons (Fsp3) is 0.182. The molecule has 1 aliphatic rings. The van der Waals surface area contributed by atoms with Crippen molar-refractivity contribution >= 4 is 17.4 Å². The van der Waals surface area contributed by atoms with Gasteiger partial charge in [-0.2, -0.15) is 0 Å². The van der Waals surface area contributed by atoms with E-state index >= 15 is 0 Å². The van der Waals surface area contributed by atoms with Gasteiger partial charge in [0.2, 0.25) is 0 Å². The molecule has 7 nitrogen and oxygen atoms in total. The maximum Gasteiger partial charge on any atom is 0.295 e. The Labute approximate surface area is 168 Å². The number of aliphatic hydroxyl groups is 1. The standard InChI is InChI=1S/C22H20N4O3/c27-20(16-6-2-1-3-7-16)18-19(17-8-4-9-23-14-17)26(22(29)21(18)28)12-5-11-25-13-10-24-15-25/h1-4,6-10,13-15,19,27H,5,11-12H2/b20-18+. The van der Waals surface area contributed by atoms with Gasteiger partial charge >= 0.3 is 0 Å². The normalized spacial score (nSPS) is 18.3. The average molecular weight is 388 g/mol. The third-order valence-corrected chi connectivity index (χ3v) is 4.96. The fourth-order valence-electron chi connectivity index (χ4n) is 3.59. The Morgan fingerprint density at radius 3 is 2.52 bits per heavy atom. The van der Waals surface area contributed by atoms with E-state index in [9.17, 15) is 14.7 Å². The molecule has 0 aliphatic carbocycles. The summed E-state index contributed by atoms with van der Waals surface area (Å²) in [7, 11) is 0. The monoisotopic (exact) mass is 388 g/mol. The first-order chi connectivity index (χ1) is 14.2. The molecule has 1 unspecified atom stereocenters. The first-order valence-electron chi connectivity index (χ1n) is 9.36. The van der Waals surface area contributed by atoms with Gasteiger partial charge in [0.05, 0.1) is 17.9 Å². The number of carbonyl (C=O) groups is 2. The molecule has 1 fully saturated rings. The number of Topliss-reactive ketones (excluding diaryl/α,β-unsaturated/α-hetero) is 1. The molecule has 7 heteroatoms. The van der Waals surface area contributed by atoms with Gasteiger partial charge in [0, 0.05) is 43.4 Å². The Balaban J connectivity index is 1.70. The summed E-state index contributed by atoms with van der Waals surface area (Å²) in [6.07, 6.45) is 9.15. The molecule has 4 rings (SSSR count). The zero-order valence-corrected chi connectivity index (χ0v) is 15.7. The molecular weight excluding hydrogens is 368 g/mol. The van der Waals surface area contributed by atoms with Crippen molar-refractivity contribution in [2.75, 3.05) is 6.54 Å². The van der Waals surface area contributed by atoms with E-state index in [4.69, 9.17) is 0 Å². The fourth-order valence-corrected chi connectivity index (χ4v) is 3.59. The van der Waals surface area contributed by atoms with Crippen LogP contribution in [0.3, 0.4) is 0 Å². The molecule has 3 heterocycles. The lowest BCUT2D eigenvalue weighted by Gasteiger charge is -2.25. The van der Waals surface area contributed by atoms with Crippen LogP contribution >= 0.6 is 0 Å². The summed E-state index contributed by atoms with van der Waals surface area (Å²) in [5, 5.41) is 10.9. The predicted molar refractivity (Wildman–Crippen MR) is 107 cm³/mol. The van der Waals surface area contributed by atoms with Gasteiger partial charge in [0.25, 0.3) is 11.7 Å². The van der Waals surface area contributed by atoms with Crippen molar-refractivity contribution in [1.82, 2.24) is 19.4 Å². The SMILES string of the molecule is O=C1C(=O)N(CCCn2ccnc2)C(c2cccnc2)/C1=C(\O)c1ccccc1. The van der Waals surface area contributed by atoms with Crippen molar-refractivity contribution in [1.29, 1.82) is 0 Å². The van der Waals surface area contributed by atoms with E-state index in [1.165, 1.54) is 4.90 Å². The van der Waals surface area contributed by atoms with E-state index in [-0.39, 0.29) is 11.3 Å². The molecule has 1 saturated heterocycles. The van der Waals surface area contributed by atoms with Crippen LogP contribution < -0.4 is 0 Å². The summed E-state index contributed by atoms with van der Waals surface area (Å²) in [5.74, 6) is -1.46. The number of imidazole rings is 1. The number of nitrogens with zero attached hydrogens (tertiary/aromatic N) is 4. The minimum Gasteiger partial charge on any atom is -0.507 e. The highest BCUT2D eigenvalue weighted by atomic mass is 16.3. The Hall–Kier alpha value is -3.74. The highest BCUT2D eigenvalue weighted by molar-refractivity contribution is 6.46. The van der Waals surface area contributed by atoms with Crippen LogP contribution in [-0.2, 0) is 16.1 Å². The van der Waals surface area contributed by atoms with Crippen LogP contribution in [0.5, 0.6) is 0 Å². The zero-order valence-electron chi connectivity index (χ0n) is 15.7. The molecule has 1 atom stereocenters. The first-order valence-corrected chi connectivity index (χ1v) is 9.36. The lowest BCUT2D eigenvalue weighted by molar-refractivity contribution is -0.139. The minimum atomic E-state index is -0.678. The first kappa shape index (κ1) is 18.6.